The van der Waals surface area contributed by atoms with Gasteiger partial charge in [0.05, 0.1) is 10.7 Å². The van der Waals surface area contributed by atoms with E-state index in [4.69, 9.17) is 11.6 Å². The highest BCUT2D eigenvalue weighted by molar-refractivity contribution is 6.33. The fourth-order valence-electron chi connectivity index (χ4n) is 2.05. The summed E-state index contributed by atoms with van der Waals surface area (Å²) in [5.41, 5.74) is 1.19. The van der Waals surface area contributed by atoms with Crippen molar-refractivity contribution in [3.05, 3.63) is 58.9 Å². The number of para-hydroxylation sites is 1. The SMILES string of the molecule is CC(C)(C)c1ccc(NC(=O)Nc2ccccc2Cl)cc1F. The fraction of sp³-hybridized carbons (Fsp3) is 0.235. The van der Waals surface area contributed by atoms with Gasteiger partial charge in [0.25, 0.3) is 0 Å². The Morgan fingerprint density at radius 1 is 1.09 bits per heavy atom. The van der Waals surface area contributed by atoms with Crippen molar-refractivity contribution in [3.63, 3.8) is 0 Å². The summed E-state index contributed by atoms with van der Waals surface area (Å²) in [6.45, 7) is 5.80. The van der Waals surface area contributed by atoms with E-state index in [1.165, 1.54) is 6.07 Å². The molecule has 0 aliphatic rings. The van der Waals surface area contributed by atoms with Gasteiger partial charge in [-0.2, -0.15) is 0 Å². The fourth-order valence-corrected chi connectivity index (χ4v) is 2.23. The zero-order valence-electron chi connectivity index (χ0n) is 12.7. The Labute approximate surface area is 134 Å². The lowest BCUT2D eigenvalue weighted by Crippen LogP contribution is -2.20. The predicted molar refractivity (Wildman–Crippen MR) is 89.2 cm³/mol. The maximum absolute atomic E-state index is 14.1. The van der Waals surface area contributed by atoms with Gasteiger partial charge in [0.1, 0.15) is 5.82 Å². The average Bonchev–Trinajstić information content (AvgIpc) is 2.40. The van der Waals surface area contributed by atoms with Gasteiger partial charge in [-0.05, 0) is 35.2 Å². The molecule has 0 saturated heterocycles. The molecule has 2 amide bonds. The summed E-state index contributed by atoms with van der Waals surface area (Å²) in [6, 6.07) is 11.1. The van der Waals surface area contributed by atoms with Gasteiger partial charge in [0.2, 0.25) is 0 Å². The van der Waals surface area contributed by atoms with Crippen molar-refractivity contribution in [1.82, 2.24) is 0 Å². The average molecular weight is 321 g/mol. The maximum Gasteiger partial charge on any atom is 0.323 e. The summed E-state index contributed by atoms with van der Waals surface area (Å²) in [6.07, 6.45) is 0. The zero-order valence-corrected chi connectivity index (χ0v) is 13.5. The van der Waals surface area contributed by atoms with Crippen LogP contribution in [-0.2, 0) is 5.41 Å². The highest BCUT2D eigenvalue weighted by Crippen LogP contribution is 2.27. The first-order valence-corrected chi connectivity index (χ1v) is 7.28. The summed E-state index contributed by atoms with van der Waals surface area (Å²) in [5, 5.41) is 5.64. The topological polar surface area (TPSA) is 41.1 Å². The molecule has 2 aromatic carbocycles. The van der Waals surface area contributed by atoms with Crippen molar-refractivity contribution in [3.8, 4) is 0 Å². The van der Waals surface area contributed by atoms with Crippen LogP contribution in [0.2, 0.25) is 5.02 Å². The highest BCUT2D eigenvalue weighted by Gasteiger charge is 2.18. The number of hydrogen-bond acceptors (Lipinski definition) is 1. The lowest BCUT2D eigenvalue weighted by molar-refractivity contribution is 0.262. The van der Waals surface area contributed by atoms with Gasteiger partial charge < -0.3 is 10.6 Å². The molecule has 2 N–H and O–H groups in total. The number of carbonyl (C=O) groups excluding carboxylic acids is 1. The Hall–Kier alpha value is -2.07. The van der Waals surface area contributed by atoms with Crippen LogP contribution in [0.3, 0.4) is 0 Å². The number of carbonyl (C=O) groups is 1. The van der Waals surface area contributed by atoms with Crippen LogP contribution >= 0.6 is 11.6 Å². The Morgan fingerprint density at radius 2 is 1.77 bits per heavy atom. The predicted octanol–water partition coefficient (Wildman–Crippen LogP) is 5.42. The number of urea groups is 1. The molecule has 0 spiro atoms. The molecule has 2 rings (SSSR count). The number of hydrogen-bond donors (Lipinski definition) is 2. The van der Waals surface area contributed by atoms with Crippen LogP contribution in [0, 0.1) is 5.82 Å². The second-order valence-corrected chi connectivity index (χ2v) is 6.41. The molecule has 0 fully saturated rings. The summed E-state index contributed by atoms with van der Waals surface area (Å²) >= 11 is 5.96. The van der Waals surface area contributed by atoms with Crippen molar-refractivity contribution in [1.29, 1.82) is 0 Å². The Kier molecular flexibility index (Phi) is 4.71. The van der Waals surface area contributed by atoms with E-state index in [9.17, 15) is 9.18 Å². The van der Waals surface area contributed by atoms with Crippen LogP contribution in [0.15, 0.2) is 42.5 Å². The third kappa shape index (κ3) is 3.98. The first-order valence-electron chi connectivity index (χ1n) is 6.90. The van der Waals surface area contributed by atoms with Crippen molar-refractivity contribution < 1.29 is 9.18 Å². The van der Waals surface area contributed by atoms with E-state index >= 15 is 0 Å². The van der Waals surface area contributed by atoms with Gasteiger partial charge in [0, 0.05) is 5.69 Å². The first kappa shape index (κ1) is 16.3. The monoisotopic (exact) mass is 320 g/mol. The Bertz CT molecular complexity index is 695. The lowest BCUT2D eigenvalue weighted by atomic mass is 9.86. The highest BCUT2D eigenvalue weighted by atomic mass is 35.5. The summed E-state index contributed by atoms with van der Waals surface area (Å²) in [7, 11) is 0. The van der Waals surface area contributed by atoms with Gasteiger partial charge in [-0.3, -0.25) is 0 Å². The van der Waals surface area contributed by atoms with Crippen LogP contribution in [0.25, 0.3) is 0 Å². The van der Waals surface area contributed by atoms with Gasteiger partial charge in [-0.1, -0.05) is 50.6 Å². The molecular weight excluding hydrogens is 303 g/mol. The van der Waals surface area contributed by atoms with Gasteiger partial charge >= 0.3 is 6.03 Å². The third-order valence-corrected chi connectivity index (χ3v) is 3.49. The van der Waals surface area contributed by atoms with E-state index in [0.717, 1.165) is 0 Å². The van der Waals surface area contributed by atoms with E-state index in [0.29, 0.717) is 22.0 Å². The number of benzene rings is 2. The van der Waals surface area contributed by atoms with Crippen LogP contribution < -0.4 is 10.6 Å². The number of halogens is 2. The standard InChI is InChI=1S/C17H18ClFN2O/c1-17(2,3)12-9-8-11(10-14(12)19)20-16(22)21-15-7-5-4-6-13(15)18/h4-10H,1-3H3,(H2,20,21,22). The molecule has 0 aliphatic heterocycles. The maximum atomic E-state index is 14.1. The Morgan fingerprint density at radius 3 is 2.36 bits per heavy atom. The number of amides is 2. The molecule has 0 aliphatic carbocycles. The molecule has 2 aromatic rings. The second-order valence-electron chi connectivity index (χ2n) is 6.00. The minimum atomic E-state index is -0.476. The molecule has 5 heteroatoms. The molecular formula is C17H18ClFN2O. The molecule has 0 unspecified atom stereocenters. The van der Waals surface area contributed by atoms with Crippen LogP contribution in [-0.4, -0.2) is 6.03 Å². The van der Waals surface area contributed by atoms with Crippen LogP contribution in [0.1, 0.15) is 26.3 Å². The third-order valence-electron chi connectivity index (χ3n) is 3.16. The van der Waals surface area contributed by atoms with E-state index in [1.807, 2.05) is 20.8 Å². The van der Waals surface area contributed by atoms with Crippen molar-refractivity contribution >= 4 is 29.0 Å². The summed E-state index contributed by atoms with van der Waals surface area (Å²) < 4.78 is 14.1. The van der Waals surface area contributed by atoms with Gasteiger partial charge in [-0.25, -0.2) is 9.18 Å². The van der Waals surface area contributed by atoms with E-state index in [-0.39, 0.29) is 11.2 Å². The lowest BCUT2D eigenvalue weighted by Gasteiger charge is -2.20. The van der Waals surface area contributed by atoms with Gasteiger partial charge in [0.15, 0.2) is 0 Å². The number of nitrogens with one attached hydrogen (secondary N) is 2. The number of rotatable bonds is 2. The quantitative estimate of drug-likeness (QED) is 0.762. The second kappa shape index (κ2) is 6.36. The first-order chi connectivity index (χ1) is 10.3. The normalized spacial score (nSPS) is 11.1. The minimum Gasteiger partial charge on any atom is -0.308 e. The molecule has 116 valence electrons. The largest absolute Gasteiger partial charge is 0.323 e. The molecule has 0 atom stereocenters. The molecule has 22 heavy (non-hydrogen) atoms. The van der Waals surface area contributed by atoms with Crippen LogP contribution in [0.4, 0.5) is 20.6 Å². The molecule has 0 saturated carbocycles. The zero-order chi connectivity index (χ0) is 16.3. The molecule has 0 aromatic heterocycles. The smallest absolute Gasteiger partial charge is 0.308 e. The number of anilines is 2. The minimum absolute atomic E-state index is 0.289. The molecule has 0 radical (unpaired) electrons. The van der Waals surface area contributed by atoms with Crippen molar-refractivity contribution in [2.75, 3.05) is 10.6 Å². The molecule has 0 heterocycles. The van der Waals surface area contributed by atoms with E-state index in [2.05, 4.69) is 10.6 Å². The molecule has 3 nitrogen and oxygen atoms in total. The van der Waals surface area contributed by atoms with E-state index in [1.54, 1.807) is 36.4 Å². The van der Waals surface area contributed by atoms with E-state index < -0.39 is 6.03 Å². The summed E-state index contributed by atoms with van der Waals surface area (Å²) in [5.74, 6) is -0.344. The molecule has 0 bridgehead atoms. The van der Waals surface area contributed by atoms with Crippen LogP contribution in [0.5, 0.6) is 0 Å². The summed E-state index contributed by atoms with van der Waals surface area (Å²) in [4.78, 5) is 11.9. The van der Waals surface area contributed by atoms with Crippen molar-refractivity contribution in [2.45, 2.75) is 26.2 Å². The Balaban J connectivity index is 2.10. The van der Waals surface area contributed by atoms with Gasteiger partial charge in [-0.15, -0.1) is 0 Å². The van der Waals surface area contributed by atoms with Crippen molar-refractivity contribution in [2.24, 2.45) is 0 Å².